The highest BCUT2D eigenvalue weighted by atomic mass is 35.5. The van der Waals surface area contributed by atoms with Crippen molar-refractivity contribution in [1.29, 1.82) is 0 Å². The number of carbonyl (C=O) groups is 1. The number of halogens is 1. The van der Waals surface area contributed by atoms with Gasteiger partial charge in [0, 0.05) is 25.0 Å². The van der Waals surface area contributed by atoms with Crippen LogP contribution in [0.3, 0.4) is 0 Å². The van der Waals surface area contributed by atoms with Gasteiger partial charge >= 0.3 is 0 Å². The third-order valence-electron chi connectivity index (χ3n) is 2.92. The topological polar surface area (TPSA) is 52.6 Å². The van der Waals surface area contributed by atoms with E-state index in [-0.39, 0.29) is 18.6 Å². The lowest BCUT2D eigenvalue weighted by molar-refractivity contribution is -0.128. The molecule has 1 unspecified atom stereocenters. The average molecular weight is 265 g/mol. The zero-order valence-corrected chi connectivity index (χ0v) is 12.0. The van der Waals surface area contributed by atoms with E-state index in [1.165, 1.54) is 0 Å². The van der Waals surface area contributed by atoms with Crippen molar-refractivity contribution in [1.82, 2.24) is 10.2 Å². The van der Waals surface area contributed by atoms with Gasteiger partial charge in [0.25, 0.3) is 0 Å². The summed E-state index contributed by atoms with van der Waals surface area (Å²) in [6.45, 7) is 9.93. The van der Waals surface area contributed by atoms with Gasteiger partial charge in [-0.2, -0.15) is 0 Å². The number of aliphatic hydroxyl groups is 1. The van der Waals surface area contributed by atoms with Crippen LogP contribution in [0.15, 0.2) is 0 Å². The van der Waals surface area contributed by atoms with Crippen LogP contribution in [0.4, 0.5) is 0 Å². The minimum absolute atomic E-state index is 0.0283. The lowest BCUT2D eigenvalue weighted by atomic mass is 9.95. The molecule has 17 heavy (non-hydrogen) atoms. The number of likely N-dealkylation sites (N-methyl/N-ethyl adjacent to an activating group) is 1. The molecule has 0 aliphatic heterocycles. The van der Waals surface area contributed by atoms with Crippen LogP contribution in [-0.2, 0) is 4.79 Å². The molecule has 0 aromatic carbocycles. The SMILES string of the molecule is CCN(CCO)C(C)CNC(=O)C(C)(C)CCl. The molecule has 0 saturated carbocycles. The van der Waals surface area contributed by atoms with E-state index in [1.807, 2.05) is 27.7 Å². The number of hydrogen-bond acceptors (Lipinski definition) is 3. The second-order valence-electron chi connectivity index (χ2n) is 4.93. The van der Waals surface area contributed by atoms with Crippen LogP contribution in [0.25, 0.3) is 0 Å². The number of amides is 1. The Morgan fingerprint density at radius 2 is 2.12 bits per heavy atom. The molecule has 0 rings (SSSR count). The zero-order chi connectivity index (χ0) is 13.5. The van der Waals surface area contributed by atoms with Gasteiger partial charge in [0.05, 0.1) is 12.0 Å². The fraction of sp³-hybridized carbons (Fsp3) is 0.917. The Balaban J connectivity index is 4.14. The number of aliphatic hydroxyl groups excluding tert-OH is 1. The van der Waals surface area contributed by atoms with Crippen molar-refractivity contribution in [2.75, 3.05) is 32.1 Å². The van der Waals surface area contributed by atoms with E-state index in [2.05, 4.69) is 10.2 Å². The summed E-state index contributed by atoms with van der Waals surface area (Å²) in [4.78, 5) is 13.9. The van der Waals surface area contributed by atoms with Gasteiger partial charge in [-0.25, -0.2) is 0 Å². The van der Waals surface area contributed by atoms with Crippen molar-refractivity contribution in [2.45, 2.75) is 33.7 Å². The number of carbonyl (C=O) groups excluding carboxylic acids is 1. The summed E-state index contributed by atoms with van der Waals surface area (Å²) in [6.07, 6.45) is 0. The number of alkyl halides is 1. The average Bonchev–Trinajstić information content (AvgIpc) is 2.32. The van der Waals surface area contributed by atoms with Crippen molar-refractivity contribution >= 4 is 17.5 Å². The number of rotatable bonds is 8. The monoisotopic (exact) mass is 264 g/mol. The summed E-state index contributed by atoms with van der Waals surface area (Å²) in [5, 5.41) is 11.8. The van der Waals surface area contributed by atoms with E-state index < -0.39 is 5.41 Å². The molecular weight excluding hydrogens is 240 g/mol. The maximum Gasteiger partial charge on any atom is 0.226 e. The highest BCUT2D eigenvalue weighted by Gasteiger charge is 2.26. The molecule has 0 aromatic heterocycles. The molecule has 1 atom stereocenters. The summed E-state index contributed by atoms with van der Waals surface area (Å²) in [7, 11) is 0. The molecule has 0 aliphatic rings. The van der Waals surface area contributed by atoms with Crippen LogP contribution in [0.5, 0.6) is 0 Å². The molecule has 0 spiro atoms. The first-order chi connectivity index (χ1) is 7.88. The van der Waals surface area contributed by atoms with E-state index in [1.54, 1.807) is 0 Å². The molecule has 5 heteroatoms. The molecule has 2 N–H and O–H groups in total. The molecule has 0 saturated heterocycles. The second-order valence-corrected chi connectivity index (χ2v) is 5.20. The Morgan fingerprint density at radius 1 is 1.53 bits per heavy atom. The smallest absolute Gasteiger partial charge is 0.226 e. The van der Waals surface area contributed by atoms with Crippen molar-refractivity contribution < 1.29 is 9.90 Å². The van der Waals surface area contributed by atoms with Gasteiger partial charge in [0.15, 0.2) is 0 Å². The second kappa shape index (κ2) is 7.90. The van der Waals surface area contributed by atoms with E-state index in [9.17, 15) is 4.79 Å². The summed E-state index contributed by atoms with van der Waals surface area (Å²) in [5.41, 5.74) is -0.532. The minimum atomic E-state index is -0.532. The molecule has 102 valence electrons. The van der Waals surface area contributed by atoms with Gasteiger partial charge in [0.1, 0.15) is 0 Å². The fourth-order valence-electron chi connectivity index (χ4n) is 1.49. The largest absolute Gasteiger partial charge is 0.395 e. The van der Waals surface area contributed by atoms with Gasteiger partial charge in [-0.3, -0.25) is 9.69 Å². The maximum absolute atomic E-state index is 11.8. The first-order valence-corrected chi connectivity index (χ1v) is 6.61. The van der Waals surface area contributed by atoms with Crippen LogP contribution in [0, 0.1) is 5.41 Å². The molecular formula is C12H25ClN2O2. The summed E-state index contributed by atoms with van der Waals surface area (Å²) in [5.74, 6) is 0.279. The van der Waals surface area contributed by atoms with Crippen molar-refractivity contribution in [3.63, 3.8) is 0 Å². The maximum atomic E-state index is 11.8. The van der Waals surface area contributed by atoms with E-state index >= 15 is 0 Å². The van der Waals surface area contributed by atoms with E-state index in [0.29, 0.717) is 19.0 Å². The summed E-state index contributed by atoms with van der Waals surface area (Å²) in [6, 6.07) is 0.210. The van der Waals surface area contributed by atoms with Gasteiger partial charge in [-0.1, -0.05) is 6.92 Å². The van der Waals surface area contributed by atoms with E-state index in [0.717, 1.165) is 6.54 Å². The summed E-state index contributed by atoms with van der Waals surface area (Å²) >= 11 is 5.74. The molecule has 0 fully saturated rings. The normalized spacial score (nSPS) is 13.8. The first-order valence-electron chi connectivity index (χ1n) is 6.08. The van der Waals surface area contributed by atoms with Crippen molar-refractivity contribution in [3.05, 3.63) is 0 Å². The Labute approximate surface area is 109 Å². The highest BCUT2D eigenvalue weighted by Crippen LogP contribution is 2.16. The van der Waals surface area contributed by atoms with Crippen molar-refractivity contribution in [2.24, 2.45) is 5.41 Å². The van der Waals surface area contributed by atoms with Gasteiger partial charge in [0.2, 0.25) is 5.91 Å². The molecule has 4 nitrogen and oxygen atoms in total. The lowest BCUT2D eigenvalue weighted by Crippen LogP contribution is -2.46. The fourth-order valence-corrected chi connectivity index (χ4v) is 1.61. The molecule has 1 amide bonds. The Bertz CT molecular complexity index is 235. The van der Waals surface area contributed by atoms with Crippen LogP contribution >= 0.6 is 11.6 Å². The number of hydrogen-bond donors (Lipinski definition) is 2. The van der Waals surface area contributed by atoms with Crippen LogP contribution in [-0.4, -0.2) is 54.1 Å². The summed E-state index contributed by atoms with van der Waals surface area (Å²) < 4.78 is 0. The van der Waals surface area contributed by atoms with Crippen LogP contribution in [0.1, 0.15) is 27.7 Å². The number of nitrogens with zero attached hydrogens (tertiary/aromatic N) is 1. The standard InChI is InChI=1S/C12H25ClN2O2/c1-5-15(6-7-16)10(2)8-14-11(17)12(3,4)9-13/h10,16H,5-9H2,1-4H3,(H,14,17). The quantitative estimate of drug-likeness (QED) is 0.645. The third-order valence-corrected chi connectivity index (χ3v) is 3.59. The Morgan fingerprint density at radius 3 is 2.53 bits per heavy atom. The lowest BCUT2D eigenvalue weighted by Gasteiger charge is -2.28. The Kier molecular flexibility index (Phi) is 7.75. The van der Waals surface area contributed by atoms with Gasteiger partial charge in [-0.15, -0.1) is 11.6 Å². The molecule has 0 bridgehead atoms. The van der Waals surface area contributed by atoms with Crippen molar-refractivity contribution in [3.8, 4) is 0 Å². The van der Waals surface area contributed by atoms with E-state index in [4.69, 9.17) is 16.7 Å². The molecule has 0 aromatic rings. The third kappa shape index (κ3) is 5.70. The predicted octanol–water partition coefficient (Wildman–Crippen LogP) is 1.07. The minimum Gasteiger partial charge on any atom is -0.395 e. The predicted molar refractivity (Wildman–Crippen MR) is 71.3 cm³/mol. The van der Waals surface area contributed by atoms with Gasteiger partial charge < -0.3 is 10.4 Å². The first kappa shape index (κ1) is 16.7. The van der Waals surface area contributed by atoms with Gasteiger partial charge in [-0.05, 0) is 27.3 Å². The molecule has 0 heterocycles. The highest BCUT2D eigenvalue weighted by molar-refractivity contribution is 6.19. The van der Waals surface area contributed by atoms with Crippen LogP contribution in [0.2, 0.25) is 0 Å². The molecule has 0 aliphatic carbocycles. The van der Waals surface area contributed by atoms with Crippen LogP contribution < -0.4 is 5.32 Å². The molecule has 0 radical (unpaired) electrons. The zero-order valence-electron chi connectivity index (χ0n) is 11.3. The number of nitrogens with one attached hydrogen (secondary N) is 1. The Hall–Kier alpha value is -0.320.